The van der Waals surface area contributed by atoms with Crippen molar-refractivity contribution in [2.24, 2.45) is 5.73 Å². The number of fused-ring (bicyclic) bond motifs is 1. The first-order valence-electron chi connectivity index (χ1n) is 7.26. The van der Waals surface area contributed by atoms with Gasteiger partial charge in [-0.3, -0.25) is 9.69 Å². The quantitative estimate of drug-likeness (QED) is 0.862. The van der Waals surface area contributed by atoms with Gasteiger partial charge < -0.3 is 20.3 Å². The molecule has 3 N–H and O–H groups in total. The van der Waals surface area contributed by atoms with E-state index in [1.54, 1.807) is 7.11 Å². The van der Waals surface area contributed by atoms with Gasteiger partial charge in [0.15, 0.2) is 11.5 Å². The summed E-state index contributed by atoms with van der Waals surface area (Å²) in [6.45, 7) is 2.20. The number of para-hydroxylation sites is 1. The Hall–Kier alpha value is -2.05. The molecule has 1 saturated heterocycles. The monoisotopic (exact) mass is 304 g/mol. The lowest BCUT2D eigenvalue weighted by Gasteiger charge is -2.24. The number of hydrogen-bond donors (Lipinski definition) is 2. The molecule has 0 saturated carbocycles. The lowest BCUT2D eigenvalue weighted by molar-refractivity contribution is -0.142. The van der Waals surface area contributed by atoms with Gasteiger partial charge >= 0.3 is 5.97 Å². The molecule has 118 valence electrons. The molecule has 0 unspecified atom stereocenters. The smallest absolute Gasteiger partial charge is 0.325 e. The first-order chi connectivity index (χ1) is 10.5. The molecule has 1 fully saturated rings. The molecule has 0 bridgehead atoms. The highest BCUT2D eigenvalue weighted by Gasteiger charge is 2.41. The van der Waals surface area contributed by atoms with Crippen LogP contribution in [0.5, 0.6) is 11.5 Å². The van der Waals surface area contributed by atoms with E-state index in [0.29, 0.717) is 32.7 Å². The van der Waals surface area contributed by atoms with Crippen LogP contribution < -0.4 is 15.2 Å². The minimum absolute atomic E-state index is 0.366. The Kier molecular flexibility index (Phi) is 3.80. The number of likely N-dealkylation sites (tertiary alicyclic amines) is 1. The molecular weight excluding hydrogens is 284 g/mol. The van der Waals surface area contributed by atoms with Crippen molar-refractivity contribution >= 4 is 12.0 Å². The lowest BCUT2D eigenvalue weighted by atomic mass is 10.0. The van der Waals surface area contributed by atoms with Gasteiger partial charge in [-0.2, -0.15) is 0 Å². The van der Waals surface area contributed by atoms with Crippen molar-refractivity contribution in [1.82, 2.24) is 4.90 Å². The van der Waals surface area contributed by atoms with Crippen LogP contribution in [-0.2, 0) is 4.79 Å². The van der Waals surface area contributed by atoms with Gasteiger partial charge in [0.25, 0.3) is 0 Å². The van der Waals surface area contributed by atoms with Crippen molar-refractivity contribution in [1.29, 1.82) is 0 Å². The molecule has 6 nitrogen and oxygen atoms in total. The molecule has 0 aliphatic carbocycles. The number of aliphatic carboxylic acids is 1. The molecule has 3 rings (SSSR count). The zero-order chi connectivity index (χ0) is 15.7. The molecular formula is C16H20N2O4. The maximum Gasteiger partial charge on any atom is 0.325 e. The maximum atomic E-state index is 11.2. The SMILES string of the molecule is COc1cccc2c1OCC(CN1CC[C@@](N)(C(=O)O)C1)=C2. The molecule has 1 aromatic carbocycles. The Labute approximate surface area is 129 Å². The highest BCUT2D eigenvalue weighted by molar-refractivity contribution is 5.79. The van der Waals surface area contributed by atoms with Crippen LogP contribution in [0.4, 0.5) is 0 Å². The summed E-state index contributed by atoms with van der Waals surface area (Å²) in [7, 11) is 1.62. The fourth-order valence-corrected chi connectivity index (χ4v) is 2.99. The molecule has 1 aromatic rings. The van der Waals surface area contributed by atoms with Gasteiger partial charge in [0.1, 0.15) is 12.1 Å². The lowest BCUT2D eigenvalue weighted by Crippen LogP contribution is -2.50. The number of benzene rings is 1. The first-order valence-corrected chi connectivity index (χ1v) is 7.26. The van der Waals surface area contributed by atoms with Gasteiger partial charge in [-0.15, -0.1) is 0 Å². The molecule has 2 aliphatic heterocycles. The molecule has 6 heteroatoms. The van der Waals surface area contributed by atoms with Crippen LogP contribution in [0.3, 0.4) is 0 Å². The number of nitrogens with zero attached hydrogens (tertiary/aromatic N) is 1. The largest absolute Gasteiger partial charge is 0.493 e. The second kappa shape index (κ2) is 5.62. The summed E-state index contributed by atoms with van der Waals surface area (Å²) in [6.07, 6.45) is 2.56. The van der Waals surface area contributed by atoms with Crippen molar-refractivity contribution in [2.75, 3.05) is 33.4 Å². The van der Waals surface area contributed by atoms with E-state index in [0.717, 1.165) is 22.6 Å². The summed E-state index contributed by atoms with van der Waals surface area (Å²) in [5.74, 6) is 0.550. The topological polar surface area (TPSA) is 85.0 Å². The average Bonchev–Trinajstić information content (AvgIpc) is 2.89. The molecule has 22 heavy (non-hydrogen) atoms. The van der Waals surface area contributed by atoms with Crippen molar-refractivity contribution in [3.8, 4) is 11.5 Å². The van der Waals surface area contributed by atoms with Crippen molar-refractivity contribution in [3.05, 3.63) is 29.3 Å². The number of carboxylic acids is 1. The maximum absolute atomic E-state index is 11.2. The molecule has 0 aromatic heterocycles. The molecule has 0 amide bonds. The molecule has 0 radical (unpaired) electrons. The minimum Gasteiger partial charge on any atom is -0.493 e. The zero-order valence-corrected chi connectivity index (χ0v) is 12.5. The van der Waals surface area contributed by atoms with E-state index in [9.17, 15) is 9.90 Å². The summed E-state index contributed by atoms with van der Waals surface area (Å²) < 4.78 is 11.1. The Morgan fingerprint density at radius 1 is 1.55 bits per heavy atom. The van der Waals surface area contributed by atoms with Crippen molar-refractivity contribution < 1.29 is 19.4 Å². The summed E-state index contributed by atoms with van der Waals surface area (Å²) in [4.78, 5) is 13.3. The number of ether oxygens (including phenoxy) is 2. The standard InChI is InChI=1S/C16H20N2O4/c1-21-13-4-2-3-12-7-11(9-22-14(12)13)8-18-6-5-16(17,10-18)15(19)20/h2-4,7H,5-6,8-10,17H2,1H3,(H,19,20)/t16-/m0/s1. The highest BCUT2D eigenvalue weighted by Crippen LogP contribution is 2.35. The third-order valence-electron chi connectivity index (χ3n) is 4.22. The van der Waals surface area contributed by atoms with Crippen molar-refractivity contribution in [3.63, 3.8) is 0 Å². The number of rotatable bonds is 4. The third kappa shape index (κ3) is 2.67. The van der Waals surface area contributed by atoms with Crippen molar-refractivity contribution in [2.45, 2.75) is 12.0 Å². The van der Waals surface area contributed by atoms with E-state index in [1.807, 2.05) is 18.2 Å². The minimum atomic E-state index is -1.13. The number of carbonyl (C=O) groups is 1. The van der Waals surface area contributed by atoms with Crippen LogP contribution >= 0.6 is 0 Å². The van der Waals surface area contributed by atoms with Crippen LogP contribution in [0.2, 0.25) is 0 Å². The van der Waals surface area contributed by atoms with Gasteiger partial charge in [0.2, 0.25) is 0 Å². The first kappa shape index (κ1) is 14.9. The molecule has 1 atom stereocenters. The second-order valence-electron chi connectivity index (χ2n) is 5.89. The van der Waals surface area contributed by atoms with E-state index in [1.165, 1.54) is 0 Å². The predicted octanol–water partition coefficient (Wildman–Crippen LogP) is 0.959. The summed E-state index contributed by atoms with van der Waals surface area (Å²) in [5.41, 5.74) is 6.87. The van der Waals surface area contributed by atoms with Crippen LogP contribution in [0, 0.1) is 0 Å². The number of nitrogens with two attached hydrogens (primary N) is 1. The van der Waals surface area contributed by atoms with Gasteiger partial charge in [0, 0.05) is 25.2 Å². The van der Waals surface area contributed by atoms with E-state index in [2.05, 4.69) is 11.0 Å². The number of methoxy groups -OCH3 is 1. The molecule has 2 heterocycles. The van der Waals surface area contributed by atoms with E-state index >= 15 is 0 Å². The average molecular weight is 304 g/mol. The predicted molar refractivity (Wildman–Crippen MR) is 82.1 cm³/mol. The van der Waals surface area contributed by atoms with E-state index in [-0.39, 0.29) is 0 Å². The van der Waals surface area contributed by atoms with Crippen LogP contribution in [0.25, 0.3) is 6.08 Å². The summed E-state index contributed by atoms with van der Waals surface area (Å²) >= 11 is 0. The second-order valence-corrected chi connectivity index (χ2v) is 5.89. The Morgan fingerprint density at radius 3 is 3.05 bits per heavy atom. The zero-order valence-electron chi connectivity index (χ0n) is 12.5. The van der Waals surface area contributed by atoms with Crippen LogP contribution in [0.15, 0.2) is 23.8 Å². The van der Waals surface area contributed by atoms with Crippen LogP contribution in [0.1, 0.15) is 12.0 Å². The Balaban J connectivity index is 1.72. The van der Waals surface area contributed by atoms with E-state index in [4.69, 9.17) is 15.2 Å². The van der Waals surface area contributed by atoms with Gasteiger partial charge in [-0.25, -0.2) is 0 Å². The van der Waals surface area contributed by atoms with E-state index < -0.39 is 11.5 Å². The van der Waals surface area contributed by atoms with Gasteiger partial charge in [-0.1, -0.05) is 12.1 Å². The Bertz CT molecular complexity index is 629. The number of hydrogen-bond acceptors (Lipinski definition) is 5. The molecule has 2 aliphatic rings. The summed E-state index contributed by atoms with van der Waals surface area (Å²) in [5, 5.41) is 9.18. The fraction of sp³-hybridized carbons (Fsp3) is 0.438. The van der Waals surface area contributed by atoms with Gasteiger partial charge in [0.05, 0.1) is 7.11 Å². The number of carboxylic acid groups (broad SMARTS) is 1. The highest BCUT2D eigenvalue weighted by atomic mass is 16.5. The Morgan fingerprint density at radius 2 is 2.36 bits per heavy atom. The fourth-order valence-electron chi connectivity index (χ4n) is 2.99. The van der Waals surface area contributed by atoms with Gasteiger partial charge in [-0.05, 0) is 24.1 Å². The summed E-state index contributed by atoms with van der Waals surface area (Å²) in [6, 6.07) is 5.77. The normalized spacial score (nSPS) is 24.4. The molecule has 0 spiro atoms. The third-order valence-corrected chi connectivity index (χ3v) is 4.22. The van der Waals surface area contributed by atoms with Crippen LogP contribution in [-0.4, -0.2) is 54.9 Å².